The van der Waals surface area contributed by atoms with Crippen molar-refractivity contribution in [1.29, 1.82) is 0 Å². The zero-order valence-corrected chi connectivity index (χ0v) is 38.1. The second-order valence-corrected chi connectivity index (χ2v) is 10.3. The van der Waals surface area contributed by atoms with Crippen LogP contribution < -0.4 is 34.7 Å². The molecule has 0 radical (unpaired) electrons. The van der Waals surface area contributed by atoms with Crippen LogP contribution in [0, 0.1) is 23.7 Å². The molecule has 0 saturated heterocycles. The standard InChI is InChI=1S/2C11H20O4.C7H12O2.C4H8O2.3CO2.CH3O.Na/c2*1-5-6-15-10(12)7-8(2)9(3)11(13)14-4;1-3-5-7(8)9-6-4-2;1-3-4(5)6-2;3*2-1-3;1-2;/h2*8-9H,5-7H2,1-4H3;3,5H,4,6H2,1-2H3;3H2,1-2H3;;;;1H3;/q;;;;;;;-1;+1/b;;5-3+;;;;;;/t8-,9?;;;;;;;;/m1......../s1. The molecule has 0 aliphatic carbocycles. The van der Waals surface area contributed by atoms with Gasteiger partial charge in [-0.2, -0.15) is 35.9 Å². The van der Waals surface area contributed by atoms with Gasteiger partial charge in [0.1, 0.15) is 0 Å². The van der Waals surface area contributed by atoms with E-state index in [-0.39, 0.29) is 120 Å². The zero-order chi connectivity index (χ0) is 45.9. The van der Waals surface area contributed by atoms with E-state index in [4.69, 9.17) is 48.1 Å². The molecule has 0 aliphatic rings. The van der Waals surface area contributed by atoms with Crippen molar-refractivity contribution in [3.05, 3.63) is 12.2 Å². The van der Waals surface area contributed by atoms with E-state index in [2.05, 4.69) is 14.2 Å². The Morgan fingerprint density at radius 2 is 0.825 bits per heavy atom. The molecule has 4 atom stereocenters. The molecule has 0 bridgehead atoms. The van der Waals surface area contributed by atoms with Crippen molar-refractivity contribution in [3.63, 3.8) is 0 Å². The molecule has 3 unspecified atom stereocenters. The Morgan fingerprint density at radius 1 is 0.544 bits per heavy atom. The minimum Gasteiger partial charge on any atom is -0.857 e. The summed E-state index contributed by atoms with van der Waals surface area (Å²) in [6, 6.07) is 0. The van der Waals surface area contributed by atoms with Crippen LogP contribution in [-0.4, -0.2) is 103 Å². The van der Waals surface area contributed by atoms with Gasteiger partial charge in [0, 0.05) is 25.3 Å². The van der Waals surface area contributed by atoms with E-state index >= 15 is 0 Å². The van der Waals surface area contributed by atoms with Crippen LogP contribution >= 0.6 is 0 Å². The topological polar surface area (TPSA) is 283 Å². The molecule has 0 aromatic heterocycles. The van der Waals surface area contributed by atoms with Gasteiger partial charge in [0.15, 0.2) is 0 Å². The van der Waals surface area contributed by atoms with Crippen LogP contribution in [0.1, 0.15) is 101 Å². The molecule has 0 spiro atoms. The molecule has 0 saturated carbocycles. The van der Waals surface area contributed by atoms with Crippen molar-refractivity contribution in [3.8, 4) is 0 Å². The largest absolute Gasteiger partial charge is 1.00 e. The van der Waals surface area contributed by atoms with Crippen LogP contribution in [0.3, 0.4) is 0 Å². The van der Waals surface area contributed by atoms with Gasteiger partial charge in [-0.25, -0.2) is 4.79 Å². The third-order valence-corrected chi connectivity index (χ3v) is 6.03. The molecule has 0 fully saturated rings. The Morgan fingerprint density at radius 3 is 1.02 bits per heavy atom. The Hall–Kier alpha value is -4.34. The predicted octanol–water partition coefficient (Wildman–Crippen LogP) is -0.135. The maximum absolute atomic E-state index is 11.3. The minimum absolute atomic E-state index is 0. The van der Waals surface area contributed by atoms with Gasteiger partial charge in [-0.15, -0.1) is 0 Å². The van der Waals surface area contributed by atoms with E-state index in [1.165, 1.54) is 27.4 Å². The maximum Gasteiger partial charge on any atom is 1.00 e. The van der Waals surface area contributed by atoms with Crippen LogP contribution in [0.2, 0.25) is 0 Å². The quantitative estimate of drug-likeness (QED) is 0.0846. The molecule has 19 nitrogen and oxygen atoms in total. The average Bonchev–Trinajstić information content (AvgIpc) is 3.19. The van der Waals surface area contributed by atoms with Gasteiger partial charge < -0.3 is 33.5 Å². The summed E-state index contributed by atoms with van der Waals surface area (Å²) in [6.45, 7) is 18.0. The number of ether oxygens (including phenoxy) is 6. The summed E-state index contributed by atoms with van der Waals surface area (Å²) in [5, 5.41) is 8.25. The van der Waals surface area contributed by atoms with E-state index < -0.39 is 0 Å². The van der Waals surface area contributed by atoms with E-state index in [0.717, 1.165) is 26.4 Å². The normalized spacial score (nSPS) is 10.4. The van der Waals surface area contributed by atoms with Crippen molar-refractivity contribution in [2.24, 2.45) is 23.7 Å². The summed E-state index contributed by atoms with van der Waals surface area (Å²) in [4.78, 5) is 114. The molecule has 0 aromatic rings. The van der Waals surface area contributed by atoms with Gasteiger partial charge in [-0.1, -0.05) is 61.5 Å². The molecule has 20 heteroatoms. The number of esters is 6. The summed E-state index contributed by atoms with van der Waals surface area (Å²) in [7, 11) is 4.83. The van der Waals surface area contributed by atoms with E-state index in [0.29, 0.717) is 26.2 Å². The number of methoxy groups -OCH3 is 3. The van der Waals surface area contributed by atoms with E-state index in [1.54, 1.807) is 33.8 Å². The Kier molecular flexibility index (Phi) is 82.3. The van der Waals surface area contributed by atoms with E-state index in [1.807, 2.05) is 34.6 Å². The fourth-order valence-electron chi connectivity index (χ4n) is 2.80. The van der Waals surface area contributed by atoms with Gasteiger partial charge in [0.2, 0.25) is 0 Å². The summed E-state index contributed by atoms with van der Waals surface area (Å²) in [6.07, 6.45) is 7.32. The molecule has 0 rings (SSSR count). The summed E-state index contributed by atoms with van der Waals surface area (Å²) in [5.41, 5.74) is 0. The molecule has 0 amide bonds. The first-order valence-corrected chi connectivity index (χ1v) is 17.1. The zero-order valence-electron chi connectivity index (χ0n) is 36.1. The maximum atomic E-state index is 11.3. The number of hydrogen-bond donors (Lipinski definition) is 0. The fourth-order valence-corrected chi connectivity index (χ4v) is 2.80. The average molecular weight is 835 g/mol. The molecule has 0 aliphatic heterocycles. The molecular weight excluding hydrogens is 771 g/mol. The second kappa shape index (κ2) is 63.6. The SMILES string of the molecule is C/C=C/C(=O)OCCC.CCC(=O)OC.CCCOC(=O)CC(C)C(C)C(=O)OC.CCCOC(=O)C[C@@H](C)C(C)C(=O)OC.C[O-].O=C=O.O=C=O.O=C=O.[Na+]. The van der Waals surface area contributed by atoms with Crippen LogP contribution in [0.15, 0.2) is 12.2 Å². The first-order chi connectivity index (χ1) is 26.4. The molecular formula is C37H63NaO19. The van der Waals surface area contributed by atoms with Gasteiger partial charge in [-0.05, 0) is 38.0 Å². The van der Waals surface area contributed by atoms with Crippen molar-refractivity contribution in [2.75, 3.05) is 48.3 Å². The van der Waals surface area contributed by atoms with Crippen LogP contribution in [-0.2, 0) is 86.0 Å². The van der Waals surface area contributed by atoms with Crippen molar-refractivity contribution in [2.45, 2.75) is 101 Å². The number of carbonyl (C=O) groups is 6. The van der Waals surface area contributed by atoms with E-state index in [9.17, 15) is 28.8 Å². The molecule has 0 aromatic carbocycles. The van der Waals surface area contributed by atoms with Crippen molar-refractivity contribution >= 4 is 54.3 Å². The van der Waals surface area contributed by atoms with Crippen LogP contribution in [0.4, 0.5) is 0 Å². The Labute approximate surface area is 358 Å². The smallest absolute Gasteiger partial charge is 0.857 e. The predicted molar refractivity (Wildman–Crippen MR) is 192 cm³/mol. The van der Waals surface area contributed by atoms with Gasteiger partial charge in [0.05, 0.1) is 53.0 Å². The van der Waals surface area contributed by atoms with Gasteiger partial charge in [-0.3, -0.25) is 24.0 Å². The molecule has 0 N–H and O–H groups in total. The first kappa shape index (κ1) is 73.7. The minimum atomic E-state index is -0.286. The van der Waals surface area contributed by atoms with Crippen molar-refractivity contribution in [1.82, 2.24) is 0 Å². The molecule has 0 heterocycles. The monoisotopic (exact) mass is 834 g/mol. The number of carbonyl (C=O) groups excluding carboxylic acids is 12. The second-order valence-electron chi connectivity index (χ2n) is 10.3. The third-order valence-electron chi connectivity index (χ3n) is 6.03. The first-order valence-electron chi connectivity index (χ1n) is 17.1. The van der Waals surface area contributed by atoms with Crippen molar-refractivity contribution < 1.29 is 121 Å². The van der Waals surface area contributed by atoms with Gasteiger partial charge in [0.25, 0.3) is 0 Å². The van der Waals surface area contributed by atoms with Gasteiger partial charge >= 0.3 is 83.8 Å². The summed E-state index contributed by atoms with van der Waals surface area (Å²) >= 11 is 0. The van der Waals surface area contributed by atoms with Crippen LogP contribution in [0.5, 0.6) is 0 Å². The number of hydrogen-bond acceptors (Lipinski definition) is 19. The Balaban J connectivity index is -0.0000000727. The fraction of sp³-hybridized carbons (Fsp3) is 0.703. The number of rotatable bonds is 16. The summed E-state index contributed by atoms with van der Waals surface area (Å²) in [5.74, 6) is -2.14. The third kappa shape index (κ3) is 70.0. The Bertz CT molecular complexity index is 1030. The molecule has 326 valence electrons. The number of allylic oxidation sites excluding steroid dienone is 1. The summed E-state index contributed by atoms with van der Waals surface area (Å²) < 4.78 is 28.0. The molecule has 57 heavy (non-hydrogen) atoms. The van der Waals surface area contributed by atoms with Crippen LogP contribution in [0.25, 0.3) is 0 Å².